The van der Waals surface area contributed by atoms with Gasteiger partial charge >= 0.3 is 0 Å². The normalized spacial score (nSPS) is 10.4. The number of thiophene rings is 1. The van der Waals surface area contributed by atoms with Crippen molar-refractivity contribution in [3.8, 4) is 15.6 Å². The Morgan fingerprint density at radius 2 is 2.29 bits per heavy atom. The summed E-state index contributed by atoms with van der Waals surface area (Å²) in [4.78, 5) is 3.52. The molecular weight excluding hydrogens is 216 g/mol. The lowest BCUT2D eigenvalue weighted by Gasteiger charge is -1.88. The highest BCUT2D eigenvalue weighted by Gasteiger charge is 2.06. The van der Waals surface area contributed by atoms with Crippen molar-refractivity contribution >= 4 is 22.9 Å². The fourth-order valence-electron chi connectivity index (χ4n) is 1.09. The van der Waals surface area contributed by atoms with Gasteiger partial charge in [0.2, 0.25) is 5.88 Å². The van der Waals surface area contributed by atoms with E-state index >= 15 is 0 Å². The SMILES string of the molecule is COc1cc(-c2ccc(CN)s2)sn1. The highest BCUT2D eigenvalue weighted by molar-refractivity contribution is 7.20. The van der Waals surface area contributed by atoms with Gasteiger partial charge in [-0.1, -0.05) is 0 Å². The molecule has 0 atom stereocenters. The molecule has 0 aromatic carbocycles. The number of methoxy groups -OCH3 is 1. The quantitative estimate of drug-likeness (QED) is 0.874. The summed E-state index contributed by atoms with van der Waals surface area (Å²) in [6.07, 6.45) is 0. The van der Waals surface area contributed by atoms with Gasteiger partial charge in [-0.25, -0.2) is 0 Å². The molecule has 0 saturated carbocycles. The number of rotatable bonds is 3. The number of aromatic nitrogens is 1. The summed E-state index contributed by atoms with van der Waals surface area (Å²) < 4.78 is 9.17. The smallest absolute Gasteiger partial charge is 0.225 e. The molecule has 2 aromatic heterocycles. The van der Waals surface area contributed by atoms with Crippen LogP contribution in [0.4, 0.5) is 0 Å². The van der Waals surface area contributed by atoms with Crippen molar-refractivity contribution in [3.63, 3.8) is 0 Å². The predicted octanol–water partition coefficient (Wildman–Crippen LogP) is 2.34. The molecule has 5 heteroatoms. The van der Waals surface area contributed by atoms with Crippen LogP contribution in [-0.2, 0) is 6.54 Å². The zero-order chi connectivity index (χ0) is 9.97. The van der Waals surface area contributed by atoms with E-state index in [0.29, 0.717) is 12.4 Å². The second-order valence-corrected chi connectivity index (χ2v) is 4.68. The largest absolute Gasteiger partial charge is 0.480 e. The van der Waals surface area contributed by atoms with Gasteiger partial charge in [0.1, 0.15) is 0 Å². The summed E-state index contributed by atoms with van der Waals surface area (Å²) in [5, 5.41) is 0. The van der Waals surface area contributed by atoms with Gasteiger partial charge in [-0.3, -0.25) is 0 Å². The van der Waals surface area contributed by atoms with E-state index in [1.165, 1.54) is 21.3 Å². The molecular formula is C9H10N2OS2. The Labute approximate surface area is 90.3 Å². The molecule has 0 fully saturated rings. The van der Waals surface area contributed by atoms with Crippen molar-refractivity contribution in [1.29, 1.82) is 0 Å². The molecule has 14 heavy (non-hydrogen) atoms. The minimum atomic E-state index is 0.598. The molecule has 3 nitrogen and oxygen atoms in total. The lowest BCUT2D eigenvalue weighted by Crippen LogP contribution is -1.90. The van der Waals surface area contributed by atoms with Gasteiger partial charge in [0.25, 0.3) is 0 Å². The van der Waals surface area contributed by atoms with E-state index in [4.69, 9.17) is 10.5 Å². The fraction of sp³-hybridized carbons (Fsp3) is 0.222. The number of hydrogen-bond donors (Lipinski definition) is 1. The Hall–Kier alpha value is -0.910. The maximum atomic E-state index is 5.55. The number of nitrogens with zero attached hydrogens (tertiary/aromatic N) is 1. The minimum Gasteiger partial charge on any atom is -0.480 e. The third kappa shape index (κ3) is 1.79. The van der Waals surface area contributed by atoms with Crippen LogP contribution < -0.4 is 10.5 Å². The second-order valence-electron chi connectivity index (χ2n) is 2.70. The Kier molecular flexibility index (Phi) is 2.81. The summed E-state index contributed by atoms with van der Waals surface area (Å²) >= 11 is 3.15. The average Bonchev–Trinajstić information content (AvgIpc) is 2.86. The van der Waals surface area contributed by atoms with E-state index in [0.717, 1.165) is 4.88 Å². The first kappa shape index (κ1) is 9.64. The van der Waals surface area contributed by atoms with E-state index in [1.54, 1.807) is 18.4 Å². The molecule has 0 bridgehead atoms. The average molecular weight is 226 g/mol. The molecule has 0 aliphatic carbocycles. The van der Waals surface area contributed by atoms with Crippen molar-refractivity contribution in [3.05, 3.63) is 23.1 Å². The van der Waals surface area contributed by atoms with Crippen LogP contribution in [0.15, 0.2) is 18.2 Å². The molecule has 2 aromatic rings. The van der Waals surface area contributed by atoms with Crippen LogP contribution in [0.25, 0.3) is 9.75 Å². The highest BCUT2D eigenvalue weighted by Crippen LogP contribution is 2.33. The Morgan fingerprint density at radius 3 is 2.86 bits per heavy atom. The molecule has 2 N–H and O–H groups in total. The summed E-state index contributed by atoms with van der Waals surface area (Å²) in [6.45, 7) is 0.598. The van der Waals surface area contributed by atoms with E-state index < -0.39 is 0 Å². The molecule has 2 rings (SSSR count). The molecule has 0 saturated heterocycles. The van der Waals surface area contributed by atoms with Gasteiger partial charge in [0, 0.05) is 22.4 Å². The van der Waals surface area contributed by atoms with Crippen molar-refractivity contribution < 1.29 is 4.74 Å². The molecule has 0 aliphatic rings. The first-order chi connectivity index (χ1) is 6.83. The van der Waals surface area contributed by atoms with Crippen molar-refractivity contribution in [2.45, 2.75) is 6.54 Å². The molecule has 0 spiro atoms. The van der Waals surface area contributed by atoms with Gasteiger partial charge < -0.3 is 10.5 Å². The van der Waals surface area contributed by atoms with Gasteiger partial charge in [-0.2, -0.15) is 4.37 Å². The van der Waals surface area contributed by atoms with Crippen LogP contribution >= 0.6 is 22.9 Å². The fourth-order valence-corrected chi connectivity index (χ4v) is 2.75. The molecule has 0 amide bonds. The van der Waals surface area contributed by atoms with E-state index in [1.807, 2.05) is 12.1 Å². The van der Waals surface area contributed by atoms with Crippen LogP contribution in [-0.4, -0.2) is 11.5 Å². The van der Waals surface area contributed by atoms with Crippen LogP contribution in [0.5, 0.6) is 5.88 Å². The molecule has 74 valence electrons. The predicted molar refractivity (Wildman–Crippen MR) is 59.9 cm³/mol. The Bertz CT molecular complexity index is 382. The monoisotopic (exact) mass is 226 g/mol. The first-order valence-electron chi connectivity index (χ1n) is 4.13. The van der Waals surface area contributed by atoms with E-state index in [-0.39, 0.29) is 0 Å². The van der Waals surface area contributed by atoms with E-state index in [9.17, 15) is 0 Å². The van der Waals surface area contributed by atoms with Crippen LogP contribution in [0.2, 0.25) is 0 Å². The first-order valence-corrected chi connectivity index (χ1v) is 5.72. The molecule has 0 radical (unpaired) electrons. The zero-order valence-electron chi connectivity index (χ0n) is 7.69. The standard InChI is InChI=1S/C9H10N2OS2/c1-12-9-4-8(14-11-9)7-3-2-6(5-10)13-7/h2-4H,5,10H2,1H3. The maximum Gasteiger partial charge on any atom is 0.225 e. The lowest BCUT2D eigenvalue weighted by molar-refractivity contribution is 0.403. The second kappa shape index (κ2) is 4.08. The lowest BCUT2D eigenvalue weighted by atomic mass is 10.4. The van der Waals surface area contributed by atoms with Crippen molar-refractivity contribution in [2.75, 3.05) is 7.11 Å². The third-order valence-corrected chi connectivity index (χ3v) is 3.88. The van der Waals surface area contributed by atoms with Gasteiger partial charge in [-0.05, 0) is 23.7 Å². The number of ether oxygens (including phenoxy) is 1. The van der Waals surface area contributed by atoms with Gasteiger partial charge in [0.15, 0.2) is 0 Å². The van der Waals surface area contributed by atoms with Crippen LogP contribution in [0.3, 0.4) is 0 Å². The Morgan fingerprint density at radius 1 is 1.43 bits per heavy atom. The zero-order valence-corrected chi connectivity index (χ0v) is 9.32. The molecule has 0 aliphatic heterocycles. The number of nitrogens with two attached hydrogens (primary N) is 1. The van der Waals surface area contributed by atoms with Gasteiger partial charge in [-0.15, -0.1) is 11.3 Å². The minimum absolute atomic E-state index is 0.598. The Balaban J connectivity index is 2.29. The summed E-state index contributed by atoms with van der Waals surface area (Å²) in [7, 11) is 1.62. The number of hydrogen-bond acceptors (Lipinski definition) is 5. The summed E-state index contributed by atoms with van der Waals surface area (Å²) in [6, 6.07) is 6.06. The molecule has 2 heterocycles. The summed E-state index contributed by atoms with van der Waals surface area (Å²) in [5.74, 6) is 0.674. The highest BCUT2D eigenvalue weighted by atomic mass is 32.1. The third-order valence-electron chi connectivity index (χ3n) is 1.80. The summed E-state index contributed by atoms with van der Waals surface area (Å²) in [5.41, 5.74) is 5.55. The van der Waals surface area contributed by atoms with E-state index in [2.05, 4.69) is 10.4 Å². The van der Waals surface area contributed by atoms with Crippen molar-refractivity contribution in [2.24, 2.45) is 5.73 Å². The topological polar surface area (TPSA) is 48.1 Å². The van der Waals surface area contributed by atoms with Crippen LogP contribution in [0.1, 0.15) is 4.88 Å². The van der Waals surface area contributed by atoms with Crippen LogP contribution in [0, 0.1) is 0 Å². The van der Waals surface area contributed by atoms with Crippen molar-refractivity contribution in [1.82, 2.24) is 4.37 Å². The maximum absolute atomic E-state index is 5.55. The van der Waals surface area contributed by atoms with Gasteiger partial charge in [0.05, 0.1) is 12.0 Å². The molecule has 0 unspecified atom stereocenters.